The normalized spacial score (nSPS) is 10.4. The first-order valence-electron chi connectivity index (χ1n) is 8.96. The SMILES string of the molecule is COc1ccccc1/C=C/C(=O)NC(=S)Nc1ccccc1C(=O)NCCCO. The van der Waals surface area contributed by atoms with Crippen molar-refractivity contribution in [2.24, 2.45) is 0 Å². The number of hydrogen-bond acceptors (Lipinski definition) is 5. The molecule has 152 valence electrons. The molecule has 0 aliphatic rings. The number of ether oxygens (including phenoxy) is 1. The highest BCUT2D eigenvalue weighted by molar-refractivity contribution is 7.80. The highest BCUT2D eigenvalue weighted by atomic mass is 32.1. The van der Waals surface area contributed by atoms with Gasteiger partial charge in [-0.25, -0.2) is 0 Å². The van der Waals surface area contributed by atoms with Gasteiger partial charge in [-0.2, -0.15) is 0 Å². The molecule has 0 saturated heterocycles. The standard InChI is InChI=1S/C21H23N3O4S/c1-28-18-10-5-2-7-15(18)11-12-19(26)24-21(29)23-17-9-4-3-8-16(17)20(27)22-13-6-14-25/h2-5,7-12,25H,6,13-14H2,1H3,(H,22,27)(H2,23,24,26,29)/b12-11+. The first-order chi connectivity index (χ1) is 14.0. The van der Waals surface area contributed by atoms with Crippen LogP contribution < -0.4 is 20.7 Å². The molecule has 2 aromatic rings. The Bertz CT molecular complexity index is 899. The number of thiocarbonyl (C=S) groups is 1. The summed E-state index contributed by atoms with van der Waals surface area (Å²) in [6.45, 7) is 0.358. The van der Waals surface area contributed by atoms with Gasteiger partial charge >= 0.3 is 0 Å². The lowest BCUT2D eigenvalue weighted by molar-refractivity contribution is -0.115. The Hall–Kier alpha value is -3.23. The smallest absolute Gasteiger partial charge is 0.253 e. The molecule has 4 N–H and O–H groups in total. The van der Waals surface area contributed by atoms with Gasteiger partial charge in [0, 0.05) is 24.8 Å². The van der Waals surface area contributed by atoms with Crippen molar-refractivity contribution in [1.82, 2.24) is 10.6 Å². The zero-order chi connectivity index (χ0) is 21.1. The second-order valence-corrected chi connectivity index (χ2v) is 6.31. The van der Waals surface area contributed by atoms with E-state index in [-0.39, 0.29) is 17.6 Å². The van der Waals surface area contributed by atoms with Gasteiger partial charge in [0.1, 0.15) is 5.75 Å². The summed E-state index contributed by atoms with van der Waals surface area (Å²) in [5.74, 6) is -0.0663. The number of aliphatic hydroxyl groups is 1. The minimum Gasteiger partial charge on any atom is -0.496 e. The van der Waals surface area contributed by atoms with Crippen molar-refractivity contribution in [3.63, 3.8) is 0 Å². The van der Waals surface area contributed by atoms with E-state index in [1.165, 1.54) is 6.08 Å². The molecular formula is C21H23N3O4S. The van der Waals surface area contributed by atoms with Gasteiger partial charge in [0.15, 0.2) is 5.11 Å². The monoisotopic (exact) mass is 413 g/mol. The molecule has 7 nitrogen and oxygen atoms in total. The van der Waals surface area contributed by atoms with Crippen LogP contribution in [0.4, 0.5) is 5.69 Å². The van der Waals surface area contributed by atoms with Gasteiger partial charge < -0.3 is 20.5 Å². The van der Waals surface area contributed by atoms with Crippen molar-refractivity contribution in [3.8, 4) is 5.75 Å². The third kappa shape index (κ3) is 7.02. The van der Waals surface area contributed by atoms with Crippen molar-refractivity contribution in [3.05, 3.63) is 65.7 Å². The minimum atomic E-state index is -0.418. The quantitative estimate of drug-likeness (QED) is 0.301. The Kier molecular flexibility index (Phi) is 8.81. The van der Waals surface area contributed by atoms with Crippen molar-refractivity contribution < 1.29 is 19.4 Å². The summed E-state index contributed by atoms with van der Waals surface area (Å²) in [6.07, 6.45) is 3.44. The van der Waals surface area contributed by atoms with E-state index in [0.717, 1.165) is 5.56 Å². The number of benzene rings is 2. The predicted molar refractivity (Wildman–Crippen MR) is 117 cm³/mol. The number of hydrogen-bond donors (Lipinski definition) is 4. The lowest BCUT2D eigenvalue weighted by Gasteiger charge is -2.13. The number of rotatable bonds is 8. The molecule has 2 aromatic carbocycles. The molecule has 0 saturated carbocycles. The van der Waals surface area contributed by atoms with Crippen LogP contribution >= 0.6 is 12.2 Å². The molecule has 0 bridgehead atoms. The lowest BCUT2D eigenvalue weighted by Crippen LogP contribution is -2.34. The largest absolute Gasteiger partial charge is 0.496 e. The molecule has 0 heterocycles. The van der Waals surface area contributed by atoms with Crippen molar-refractivity contribution in [1.29, 1.82) is 0 Å². The lowest BCUT2D eigenvalue weighted by atomic mass is 10.1. The average molecular weight is 413 g/mol. The number of para-hydroxylation sites is 2. The molecule has 0 aromatic heterocycles. The van der Waals surface area contributed by atoms with E-state index in [9.17, 15) is 9.59 Å². The summed E-state index contributed by atoms with van der Waals surface area (Å²) in [7, 11) is 1.56. The molecule has 29 heavy (non-hydrogen) atoms. The summed E-state index contributed by atoms with van der Waals surface area (Å²) < 4.78 is 5.24. The maximum Gasteiger partial charge on any atom is 0.253 e. The maximum atomic E-state index is 12.3. The fraction of sp³-hybridized carbons (Fsp3) is 0.190. The zero-order valence-corrected chi connectivity index (χ0v) is 16.8. The van der Waals surface area contributed by atoms with Crippen LogP contribution in [-0.2, 0) is 4.79 Å². The minimum absolute atomic E-state index is 0.00132. The van der Waals surface area contributed by atoms with Crippen LogP contribution in [0.15, 0.2) is 54.6 Å². The van der Waals surface area contributed by atoms with E-state index < -0.39 is 5.91 Å². The van der Waals surface area contributed by atoms with Gasteiger partial charge in [0.05, 0.1) is 18.4 Å². The fourth-order valence-corrected chi connectivity index (χ4v) is 2.65. The van der Waals surface area contributed by atoms with E-state index in [0.29, 0.717) is 30.0 Å². The predicted octanol–water partition coefficient (Wildman–Crippen LogP) is 2.33. The summed E-state index contributed by atoms with van der Waals surface area (Å²) in [5.41, 5.74) is 1.61. The molecule has 2 rings (SSSR count). The molecule has 0 unspecified atom stereocenters. The fourth-order valence-electron chi connectivity index (χ4n) is 2.44. The van der Waals surface area contributed by atoms with E-state index >= 15 is 0 Å². The number of carbonyl (C=O) groups is 2. The second-order valence-electron chi connectivity index (χ2n) is 5.90. The van der Waals surface area contributed by atoms with Crippen LogP contribution in [0.25, 0.3) is 6.08 Å². The zero-order valence-electron chi connectivity index (χ0n) is 16.0. The van der Waals surface area contributed by atoms with E-state index in [1.54, 1.807) is 43.5 Å². The molecule has 0 atom stereocenters. The summed E-state index contributed by atoms with van der Waals surface area (Å²) in [4.78, 5) is 24.4. The van der Waals surface area contributed by atoms with Gasteiger partial charge in [0.25, 0.3) is 5.91 Å². The average Bonchev–Trinajstić information content (AvgIpc) is 2.72. The Morgan fingerprint density at radius 3 is 2.62 bits per heavy atom. The third-order valence-corrected chi connectivity index (χ3v) is 4.03. The van der Waals surface area contributed by atoms with Gasteiger partial charge in [-0.15, -0.1) is 0 Å². The first-order valence-corrected chi connectivity index (χ1v) is 9.37. The summed E-state index contributed by atoms with van der Waals surface area (Å²) in [5, 5.41) is 17.0. The molecule has 0 fully saturated rings. The summed E-state index contributed by atoms with van der Waals surface area (Å²) in [6, 6.07) is 14.1. The molecular weight excluding hydrogens is 390 g/mol. The Balaban J connectivity index is 1.97. The summed E-state index contributed by atoms with van der Waals surface area (Å²) >= 11 is 5.18. The van der Waals surface area contributed by atoms with Gasteiger partial charge in [-0.3, -0.25) is 14.9 Å². The Morgan fingerprint density at radius 2 is 1.86 bits per heavy atom. The topological polar surface area (TPSA) is 99.7 Å². The van der Waals surface area contributed by atoms with E-state index in [1.807, 2.05) is 18.2 Å². The third-order valence-electron chi connectivity index (χ3n) is 3.83. The number of carbonyl (C=O) groups excluding carboxylic acids is 2. The van der Waals surface area contributed by atoms with Crippen LogP contribution in [0, 0.1) is 0 Å². The second kappa shape index (κ2) is 11.6. The Morgan fingerprint density at radius 1 is 1.14 bits per heavy atom. The maximum absolute atomic E-state index is 12.3. The molecule has 0 spiro atoms. The number of nitrogens with one attached hydrogen (secondary N) is 3. The highest BCUT2D eigenvalue weighted by Gasteiger charge is 2.12. The first kappa shape index (κ1) is 22.1. The molecule has 0 aliphatic carbocycles. The van der Waals surface area contributed by atoms with Gasteiger partial charge in [-0.05, 0) is 42.9 Å². The van der Waals surface area contributed by atoms with Gasteiger partial charge in [0.2, 0.25) is 5.91 Å². The number of aliphatic hydroxyl groups excluding tert-OH is 1. The van der Waals surface area contributed by atoms with Crippen LogP contribution in [0.3, 0.4) is 0 Å². The van der Waals surface area contributed by atoms with Crippen molar-refractivity contribution in [2.75, 3.05) is 25.6 Å². The number of amides is 2. The molecule has 0 radical (unpaired) electrons. The van der Waals surface area contributed by atoms with Crippen LogP contribution in [0.2, 0.25) is 0 Å². The molecule has 0 aliphatic heterocycles. The van der Waals surface area contributed by atoms with E-state index in [4.69, 9.17) is 22.1 Å². The molecule has 2 amide bonds. The number of methoxy groups -OCH3 is 1. The Labute approximate surface area is 174 Å². The molecule has 8 heteroatoms. The van der Waals surface area contributed by atoms with Crippen LogP contribution in [0.5, 0.6) is 5.75 Å². The van der Waals surface area contributed by atoms with E-state index in [2.05, 4.69) is 16.0 Å². The van der Waals surface area contributed by atoms with Crippen molar-refractivity contribution in [2.45, 2.75) is 6.42 Å². The van der Waals surface area contributed by atoms with Crippen molar-refractivity contribution >= 4 is 40.9 Å². The van der Waals surface area contributed by atoms with Gasteiger partial charge in [-0.1, -0.05) is 30.3 Å². The van der Waals surface area contributed by atoms with Crippen LogP contribution in [-0.4, -0.2) is 42.3 Å². The highest BCUT2D eigenvalue weighted by Crippen LogP contribution is 2.18. The number of anilines is 1. The van der Waals surface area contributed by atoms with Crippen LogP contribution in [0.1, 0.15) is 22.3 Å².